The van der Waals surface area contributed by atoms with E-state index in [-0.39, 0.29) is 6.61 Å². The van der Waals surface area contributed by atoms with Crippen LogP contribution in [0.15, 0.2) is 51.4 Å². The topological polar surface area (TPSA) is 21.3 Å². The Kier molecular flexibility index (Phi) is 6.31. The van der Waals surface area contributed by atoms with E-state index in [0.717, 1.165) is 33.3 Å². The van der Waals surface area contributed by atoms with Crippen LogP contribution in [0.2, 0.25) is 0 Å². The second kappa shape index (κ2) is 8.23. The number of halogens is 2. The van der Waals surface area contributed by atoms with Gasteiger partial charge in [0.1, 0.15) is 12.4 Å². The van der Waals surface area contributed by atoms with Gasteiger partial charge in [0, 0.05) is 27.6 Å². The minimum atomic E-state index is 0.279. The number of ether oxygens (including phenoxy) is 1. The molecule has 2 rings (SSSR count). The van der Waals surface area contributed by atoms with Gasteiger partial charge in [-0.05, 0) is 35.9 Å². The van der Waals surface area contributed by atoms with Gasteiger partial charge in [-0.25, -0.2) is 0 Å². The average molecular weight is 409 g/mol. The zero-order valence-electron chi connectivity index (χ0n) is 11.4. The number of benzene rings is 2. The fraction of sp³-hybridized carbons (Fsp3) is 0.176. The van der Waals surface area contributed by atoms with E-state index in [1.54, 1.807) is 0 Å². The highest BCUT2D eigenvalue weighted by Crippen LogP contribution is 2.23. The van der Waals surface area contributed by atoms with Crippen molar-refractivity contribution in [2.45, 2.75) is 13.1 Å². The zero-order valence-corrected chi connectivity index (χ0v) is 14.6. The molecule has 1 N–H and O–H groups in total. The molecule has 4 heteroatoms. The fourth-order valence-electron chi connectivity index (χ4n) is 1.89. The molecule has 2 aromatic rings. The summed E-state index contributed by atoms with van der Waals surface area (Å²) in [7, 11) is 0. The van der Waals surface area contributed by atoms with Crippen LogP contribution in [0, 0.1) is 12.3 Å². The summed E-state index contributed by atoms with van der Waals surface area (Å²) in [5, 5.41) is 3.41. The third kappa shape index (κ3) is 5.20. The first-order valence-electron chi connectivity index (χ1n) is 6.49. The monoisotopic (exact) mass is 407 g/mol. The zero-order chi connectivity index (χ0) is 15.1. The van der Waals surface area contributed by atoms with Gasteiger partial charge in [0.05, 0.1) is 0 Å². The summed E-state index contributed by atoms with van der Waals surface area (Å²) in [5.41, 5.74) is 2.32. The number of terminal acetylenes is 1. The van der Waals surface area contributed by atoms with E-state index in [2.05, 4.69) is 55.2 Å². The molecule has 108 valence electrons. The van der Waals surface area contributed by atoms with Crippen LogP contribution < -0.4 is 10.1 Å². The molecule has 0 heterocycles. The standard InChI is InChI=1S/C17H15Br2NO/c1-2-9-21-17-8-7-16(19)10-14(17)12-20-11-13-3-5-15(18)6-4-13/h1,3-8,10,20H,9,11-12H2. The molecule has 0 atom stereocenters. The van der Waals surface area contributed by atoms with E-state index in [9.17, 15) is 0 Å². The molecule has 2 aromatic carbocycles. The van der Waals surface area contributed by atoms with Gasteiger partial charge in [-0.1, -0.05) is 49.9 Å². The number of nitrogens with one attached hydrogen (secondary N) is 1. The van der Waals surface area contributed by atoms with E-state index in [4.69, 9.17) is 11.2 Å². The van der Waals surface area contributed by atoms with Crippen molar-refractivity contribution in [2.75, 3.05) is 6.61 Å². The maximum Gasteiger partial charge on any atom is 0.148 e. The van der Waals surface area contributed by atoms with E-state index >= 15 is 0 Å². The predicted molar refractivity (Wildman–Crippen MR) is 93.2 cm³/mol. The number of rotatable bonds is 6. The molecule has 0 fully saturated rings. The van der Waals surface area contributed by atoms with Crippen LogP contribution in [0.4, 0.5) is 0 Å². The summed E-state index contributed by atoms with van der Waals surface area (Å²) in [6.45, 7) is 1.80. The molecule has 0 amide bonds. The normalized spacial score (nSPS) is 10.1. The molecule has 0 saturated carbocycles. The second-order valence-corrected chi connectivity index (χ2v) is 6.31. The summed E-state index contributed by atoms with van der Waals surface area (Å²) in [5.74, 6) is 3.31. The summed E-state index contributed by atoms with van der Waals surface area (Å²) in [6.07, 6.45) is 5.24. The molecule has 0 aliphatic carbocycles. The van der Waals surface area contributed by atoms with Crippen LogP contribution >= 0.6 is 31.9 Å². The van der Waals surface area contributed by atoms with E-state index < -0.39 is 0 Å². The quantitative estimate of drug-likeness (QED) is 0.709. The summed E-state index contributed by atoms with van der Waals surface area (Å²) in [4.78, 5) is 0. The molecule has 2 nitrogen and oxygen atoms in total. The summed E-state index contributed by atoms with van der Waals surface area (Å²) >= 11 is 6.91. The Hall–Kier alpha value is -1.28. The first-order chi connectivity index (χ1) is 10.2. The Labute approximate surface area is 142 Å². The Morgan fingerprint density at radius 2 is 1.71 bits per heavy atom. The van der Waals surface area contributed by atoms with Gasteiger partial charge in [-0.3, -0.25) is 0 Å². The molecule has 0 spiro atoms. The summed E-state index contributed by atoms with van der Waals surface area (Å²) < 4.78 is 7.67. The van der Waals surface area contributed by atoms with Gasteiger partial charge >= 0.3 is 0 Å². The Morgan fingerprint density at radius 1 is 1.00 bits per heavy atom. The molecule has 0 aromatic heterocycles. The van der Waals surface area contributed by atoms with Crippen LogP contribution in [-0.2, 0) is 13.1 Å². The highest BCUT2D eigenvalue weighted by molar-refractivity contribution is 9.10. The lowest BCUT2D eigenvalue weighted by atomic mass is 10.2. The molecule has 21 heavy (non-hydrogen) atoms. The van der Waals surface area contributed by atoms with Gasteiger partial charge < -0.3 is 10.1 Å². The maximum absolute atomic E-state index is 5.56. The minimum Gasteiger partial charge on any atom is -0.481 e. The van der Waals surface area contributed by atoms with Crippen LogP contribution in [0.1, 0.15) is 11.1 Å². The smallest absolute Gasteiger partial charge is 0.148 e. The molecule has 0 saturated heterocycles. The van der Waals surface area contributed by atoms with Crippen LogP contribution in [0.5, 0.6) is 5.75 Å². The Morgan fingerprint density at radius 3 is 2.43 bits per heavy atom. The van der Waals surface area contributed by atoms with Crippen molar-refractivity contribution in [3.05, 3.63) is 62.5 Å². The van der Waals surface area contributed by atoms with Crippen molar-refractivity contribution < 1.29 is 4.74 Å². The van der Waals surface area contributed by atoms with Crippen LogP contribution in [-0.4, -0.2) is 6.61 Å². The van der Waals surface area contributed by atoms with Crippen molar-refractivity contribution in [3.63, 3.8) is 0 Å². The fourth-order valence-corrected chi connectivity index (χ4v) is 2.56. The van der Waals surface area contributed by atoms with Gasteiger partial charge in [-0.2, -0.15) is 0 Å². The predicted octanol–water partition coefficient (Wildman–Crippen LogP) is 4.51. The van der Waals surface area contributed by atoms with Gasteiger partial charge in [0.2, 0.25) is 0 Å². The third-order valence-corrected chi connectivity index (χ3v) is 3.91. The first-order valence-corrected chi connectivity index (χ1v) is 8.07. The van der Waals surface area contributed by atoms with Crippen LogP contribution in [0.3, 0.4) is 0 Å². The first kappa shape index (κ1) is 16.1. The van der Waals surface area contributed by atoms with Crippen molar-refractivity contribution >= 4 is 31.9 Å². The average Bonchev–Trinajstić information content (AvgIpc) is 2.48. The maximum atomic E-state index is 5.56. The largest absolute Gasteiger partial charge is 0.481 e. The number of hydrogen-bond acceptors (Lipinski definition) is 2. The molecule has 0 unspecified atom stereocenters. The Balaban J connectivity index is 1.97. The van der Waals surface area contributed by atoms with E-state index in [1.165, 1.54) is 5.56 Å². The van der Waals surface area contributed by atoms with Crippen molar-refractivity contribution in [1.82, 2.24) is 5.32 Å². The number of hydrogen-bond donors (Lipinski definition) is 1. The molecule has 0 bridgehead atoms. The Bertz CT molecular complexity index is 632. The SMILES string of the molecule is C#CCOc1ccc(Br)cc1CNCc1ccc(Br)cc1. The van der Waals surface area contributed by atoms with Gasteiger partial charge in [0.25, 0.3) is 0 Å². The lowest BCUT2D eigenvalue weighted by Gasteiger charge is -2.11. The molecular weight excluding hydrogens is 394 g/mol. The lowest BCUT2D eigenvalue weighted by Crippen LogP contribution is -2.13. The molecule has 0 aliphatic heterocycles. The second-order valence-electron chi connectivity index (χ2n) is 4.47. The highest BCUT2D eigenvalue weighted by atomic mass is 79.9. The molecule has 0 radical (unpaired) electrons. The third-order valence-electron chi connectivity index (χ3n) is 2.89. The molecular formula is C17H15Br2NO. The van der Waals surface area contributed by atoms with Crippen molar-refractivity contribution in [1.29, 1.82) is 0 Å². The van der Waals surface area contributed by atoms with E-state index in [1.807, 2.05) is 30.3 Å². The molecule has 0 aliphatic rings. The van der Waals surface area contributed by atoms with E-state index in [0.29, 0.717) is 0 Å². The lowest BCUT2D eigenvalue weighted by molar-refractivity contribution is 0.364. The summed E-state index contributed by atoms with van der Waals surface area (Å²) in [6, 6.07) is 14.2. The van der Waals surface area contributed by atoms with Crippen molar-refractivity contribution in [3.8, 4) is 18.1 Å². The van der Waals surface area contributed by atoms with Gasteiger partial charge in [0.15, 0.2) is 0 Å². The minimum absolute atomic E-state index is 0.279. The van der Waals surface area contributed by atoms with Crippen molar-refractivity contribution in [2.24, 2.45) is 0 Å². The van der Waals surface area contributed by atoms with Gasteiger partial charge in [-0.15, -0.1) is 6.42 Å². The highest BCUT2D eigenvalue weighted by Gasteiger charge is 2.04. The van der Waals surface area contributed by atoms with Crippen LogP contribution in [0.25, 0.3) is 0 Å².